The number of rotatable bonds is 10. The smallest absolute Gasteiger partial charge is 0.203 e. The minimum Gasteiger partial charge on any atom is -0.493 e. The lowest BCUT2D eigenvalue weighted by Crippen LogP contribution is -1.96. The number of benzene rings is 1. The van der Waals surface area contributed by atoms with Crippen molar-refractivity contribution in [2.75, 3.05) is 21.3 Å². The Labute approximate surface area is 133 Å². The number of unbranched alkanes of at least 4 members (excludes halogenated alkanes) is 3. The average Bonchev–Trinajstić information content (AvgIpc) is 2.55. The van der Waals surface area contributed by atoms with E-state index < -0.39 is 0 Å². The molecule has 0 bridgehead atoms. The summed E-state index contributed by atoms with van der Waals surface area (Å²) in [6, 6.07) is 3.64. The van der Waals surface area contributed by atoms with E-state index in [1.165, 1.54) is 12.8 Å². The van der Waals surface area contributed by atoms with Crippen molar-refractivity contribution >= 4 is 11.9 Å². The van der Waals surface area contributed by atoms with Crippen molar-refractivity contribution in [1.82, 2.24) is 0 Å². The zero-order valence-electron chi connectivity index (χ0n) is 14.0. The fraction of sp³-hybridized carbons (Fsp3) is 0.500. The Balaban J connectivity index is 2.76. The maximum Gasteiger partial charge on any atom is 0.203 e. The van der Waals surface area contributed by atoms with Crippen LogP contribution in [0.15, 0.2) is 18.2 Å². The highest BCUT2D eigenvalue weighted by atomic mass is 16.5. The summed E-state index contributed by atoms with van der Waals surface area (Å²) in [5, 5.41) is 0. The zero-order chi connectivity index (χ0) is 16.4. The minimum atomic E-state index is 0.143. The Kier molecular flexibility index (Phi) is 8.11. The van der Waals surface area contributed by atoms with Crippen LogP contribution < -0.4 is 14.2 Å². The molecule has 0 saturated carbocycles. The fourth-order valence-corrected chi connectivity index (χ4v) is 2.20. The number of hydrogen-bond donors (Lipinski definition) is 0. The second-order valence-electron chi connectivity index (χ2n) is 5.07. The van der Waals surface area contributed by atoms with Crippen LogP contribution in [-0.4, -0.2) is 27.1 Å². The van der Waals surface area contributed by atoms with Gasteiger partial charge in [-0.3, -0.25) is 4.79 Å². The van der Waals surface area contributed by atoms with Gasteiger partial charge in [-0.2, -0.15) is 0 Å². The molecular formula is C18H26O4. The molecule has 0 fully saturated rings. The summed E-state index contributed by atoms with van der Waals surface area (Å²) in [6.07, 6.45) is 8.42. The minimum absolute atomic E-state index is 0.143. The Hall–Kier alpha value is -1.97. The molecule has 0 aliphatic carbocycles. The van der Waals surface area contributed by atoms with Gasteiger partial charge in [0.05, 0.1) is 21.3 Å². The molecule has 1 rings (SSSR count). The second kappa shape index (κ2) is 9.87. The van der Waals surface area contributed by atoms with Crippen LogP contribution in [0.2, 0.25) is 0 Å². The van der Waals surface area contributed by atoms with Gasteiger partial charge in [-0.15, -0.1) is 0 Å². The van der Waals surface area contributed by atoms with Crippen LogP contribution in [0.25, 0.3) is 6.08 Å². The van der Waals surface area contributed by atoms with Crippen molar-refractivity contribution in [3.05, 3.63) is 23.8 Å². The molecule has 0 unspecified atom stereocenters. The molecule has 122 valence electrons. The van der Waals surface area contributed by atoms with Gasteiger partial charge in [0, 0.05) is 6.42 Å². The molecule has 0 amide bonds. The number of methoxy groups -OCH3 is 3. The number of carbonyl (C=O) groups excluding carboxylic acids is 1. The van der Waals surface area contributed by atoms with Gasteiger partial charge < -0.3 is 14.2 Å². The van der Waals surface area contributed by atoms with Crippen LogP contribution in [0.5, 0.6) is 17.2 Å². The molecule has 0 atom stereocenters. The maximum atomic E-state index is 11.8. The van der Waals surface area contributed by atoms with Crippen molar-refractivity contribution in [3.8, 4) is 17.2 Å². The van der Waals surface area contributed by atoms with Gasteiger partial charge in [-0.1, -0.05) is 32.3 Å². The first-order valence-corrected chi connectivity index (χ1v) is 7.67. The third kappa shape index (κ3) is 5.43. The summed E-state index contributed by atoms with van der Waals surface area (Å²) in [6.45, 7) is 2.16. The van der Waals surface area contributed by atoms with Gasteiger partial charge >= 0.3 is 0 Å². The van der Waals surface area contributed by atoms with Gasteiger partial charge in [-0.05, 0) is 30.2 Å². The van der Waals surface area contributed by atoms with Gasteiger partial charge in [-0.25, -0.2) is 0 Å². The molecule has 0 radical (unpaired) electrons. The van der Waals surface area contributed by atoms with Gasteiger partial charge in [0.1, 0.15) is 0 Å². The van der Waals surface area contributed by atoms with Crippen LogP contribution in [0.4, 0.5) is 0 Å². The molecule has 4 nitrogen and oxygen atoms in total. The third-order valence-corrected chi connectivity index (χ3v) is 3.43. The molecule has 0 N–H and O–H groups in total. The third-order valence-electron chi connectivity index (χ3n) is 3.43. The molecule has 0 heterocycles. The van der Waals surface area contributed by atoms with E-state index in [1.807, 2.05) is 12.1 Å². The molecule has 0 aromatic heterocycles. The highest BCUT2D eigenvalue weighted by molar-refractivity contribution is 5.93. The van der Waals surface area contributed by atoms with E-state index in [0.717, 1.165) is 18.4 Å². The predicted octanol–water partition coefficient (Wildman–Crippen LogP) is 4.27. The summed E-state index contributed by atoms with van der Waals surface area (Å²) in [5.74, 6) is 1.85. The van der Waals surface area contributed by atoms with Crippen LogP contribution in [0, 0.1) is 0 Å². The first-order chi connectivity index (χ1) is 10.7. The van der Waals surface area contributed by atoms with Crippen molar-refractivity contribution in [3.63, 3.8) is 0 Å². The van der Waals surface area contributed by atoms with Crippen molar-refractivity contribution in [2.24, 2.45) is 0 Å². The van der Waals surface area contributed by atoms with Crippen molar-refractivity contribution < 1.29 is 19.0 Å². The Morgan fingerprint density at radius 1 is 1.00 bits per heavy atom. The van der Waals surface area contributed by atoms with Gasteiger partial charge in [0.15, 0.2) is 17.3 Å². The summed E-state index contributed by atoms with van der Waals surface area (Å²) < 4.78 is 15.9. The lowest BCUT2D eigenvalue weighted by atomic mass is 10.1. The molecule has 0 saturated heterocycles. The van der Waals surface area contributed by atoms with E-state index >= 15 is 0 Å². The maximum absolute atomic E-state index is 11.8. The summed E-state index contributed by atoms with van der Waals surface area (Å²) >= 11 is 0. The number of carbonyl (C=O) groups is 1. The van der Waals surface area contributed by atoms with E-state index in [9.17, 15) is 4.79 Å². The Morgan fingerprint density at radius 2 is 1.64 bits per heavy atom. The lowest BCUT2D eigenvalue weighted by molar-refractivity contribution is -0.114. The van der Waals surface area contributed by atoms with E-state index in [-0.39, 0.29) is 5.78 Å². The topological polar surface area (TPSA) is 44.8 Å². The van der Waals surface area contributed by atoms with Crippen LogP contribution in [0.1, 0.15) is 44.6 Å². The molecule has 0 spiro atoms. The van der Waals surface area contributed by atoms with Crippen LogP contribution >= 0.6 is 0 Å². The predicted molar refractivity (Wildman–Crippen MR) is 88.9 cm³/mol. The number of hydrogen-bond acceptors (Lipinski definition) is 4. The van der Waals surface area contributed by atoms with E-state index in [4.69, 9.17) is 14.2 Å². The van der Waals surface area contributed by atoms with Crippen LogP contribution in [-0.2, 0) is 4.79 Å². The molecular weight excluding hydrogens is 280 g/mol. The van der Waals surface area contributed by atoms with Crippen molar-refractivity contribution in [2.45, 2.75) is 39.0 Å². The standard InChI is InChI=1S/C18H26O4/c1-5-6-7-8-9-15(19)11-10-14-12-16(20-2)18(22-4)17(13-14)21-3/h10-13H,5-9H2,1-4H3/b11-10-. The van der Waals surface area contributed by atoms with E-state index in [2.05, 4.69) is 6.92 Å². The molecule has 0 aliphatic rings. The molecule has 0 aliphatic heterocycles. The average molecular weight is 306 g/mol. The Bertz CT molecular complexity index is 481. The lowest BCUT2D eigenvalue weighted by Gasteiger charge is -2.12. The Morgan fingerprint density at radius 3 is 2.14 bits per heavy atom. The highest BCUT2D eigenvalue weighted by Gasteiger charge is 2.12. The largest absolute Gasteiger partial charge is 0.493 e. The fourth-order valence-electron chi connectivity index (χ4n) is 2.20. The molecule has 1 aromatic carbocycles. The normalized spacial score (nSPS) is 10.7. The highest BCUT2D eigenvalue weighted by Crippen LogP contribution is 2.38. The quantitative estimate of drug-likeness (QED) is 0.478. The van der Waals surface area contributed by atoms with Crippen LogP contribution in [0.3, 0.4) is 0 Å². The second-order valence-corrected chi connectivity index (χ2v) is 5.07. The molecule has 22 heavy (non-hydrogen) atoms. The summed E-state index contributed by atoms with van der Waals surface area (Å²) in [7, 11) is 4.71. The zero-order valence-corrected chi connectivity index (χ0v) is 14.0. The number of allylic oxidation sites excluding steroid dienone is 1. The van der Waals surface area contributed by atoms with E-state index in [1.54, 1.807) is 33.5 Å². The first-order valence-electron chi connectivity index (χ1n) is 7.67. The summed E-state index contributed by atoms with van der Waals surface area (Å²) in [4.78, 5) is 11.8. The molecule has 1 aromatic rings. The number of ketones is 1. The number of ether oxygens (including phenoxy) is 3. The monoisotopic (exact) mass is 306 g/mol. The SMILES string of the molecule is CCCCCCC(=O)/C=C\c1cc(OC)c(OC)c(OC)c1. The van der Waals surface area contributed by atoms with Gasteiger partial charge in [0.25, 0.3) is 0 Å². The first kappa shape index (κ1) is 18.1. The molecule has 4 heteroatoms. The summed E-state index contributed by atoms with van der Waals surface area (Å²) in [5.41, 5.74) is 0.844. The van der Waals surface area contributed by atoms with E-state index in [0.29, 0.717) is 23.7 Å². The van der Waals surface area contributed by atoms with Gasteiger partial charge in [0.2, 0.25) is 5.75 Å². The van der Waals surface area contributed by atoms with Crippen molar-refractivity contribution in [1.29, 1.82) is 0 Å².